The Bertz CT molecular complexity index is 305. The standard InChI is InChI=1S/C6H5ClF2N2O/c1-11-4(2-3-10-11)5(12)6(7,8)9/h2-3H,1H3. The molecule has 0 aliphatic rings. The van der Waals surface area contributed by atoms with Crippen LogP contribution in [0.1, 0.15) is 10.5 Å². The van der Waals surface area contributed by atoms with E-state index in [-0.39, 0.29) is 5.69 Å². The molecule has 0 saturated carbocycles. The Kier molecular flexibility index (Phi) is 2.14. The largest absolute Gasteiger partial charge is 0.386 e. The van der Waals surface area contributed by atoms with E-state index in [1.807, 2.05) is 0 Å². The summed E-state index contributed by atoms with van der Waals surface area (Å²) >= 11 is 4.52. The zero-order valence-electron chi connectivity index (χ0n) is 6.09. The van der Waals surface area contributed by atoms with Gasteiger partial charge in [-0.3, -0.25) is 9.48 Å². The van der Waals surface area contributed by atoms with E-state index in [1.165, 1.54) is 19.3 Å². The molecule has 0 atom stereocenters. The average molecular weight is 195 g/mol. The van der Waals surface area contributed by atoms with Gasteiger partial charge in [0.15, 0.2) is 0 Å². The van der Waals surface area contributed by atoms with Gasteiger partial charge in [-0.25, -0.2) is 0 Å². The molecule has 1 aromatic rings. The average Bonchev–Trinajstić information content (AvgIpc) is 2.31. The predicted octanol–water partition coefficient (Wildman–Crippen LogP) is 1.43. The number of nitrogens with zero attached hydrogens (tertiary/aromatic N) is 2. The second kappa shape index (κ2) is 2.82. The van der Waals surface area contributed by atoms with E-state index >= 15 is 0 Å². The van der Waals surface area contributed by atoms with Gasteiger partial charge in [-0.15, -0.1) is 0 Å². The van der Waals surface area contributed by atoms with Gasteiger partial charge in [0.25, 0.3) is 5.78 Å². The molecule has 6 heteroatoms. The summed E-state index contributed by atoms with van der Waals surface area (Å²) in [6, 6.07) is 1.18. The van der Waals surface area contributed by atoms with Crippen molar-refractivity contribution < 1.29 is 13.6 Å². The molecule has 0 fully saturated rings. The second-order valence-corrected chi connectivity index (χ2v) is 2.64. The first-order valence-corrected chi connectivity index (χ1v) is 3.40. The van der Waals surface area contributed by atoms with Crippen LogP contribution in [0.2, 0.25) is 0 Å². The Morgan fingerprint density at radius 2 is 2.33 bits per heavy atom. The molecule has 0 saturated heterocycles. The smallest absolute Gasteiger partial charge is 0.284 e. The molecule has 1 heterocycles. The molecular weight excluding hydrogens is 190 g/mol. The summed E-state index contributed by atoms with van der Waals surface area (Å²) in [4.78, 5) is 10.8. The van der Waals surface area contributed by atoms with Gasteiger partial charge in [-0.1, -0.05) is 0 Å². The van der Waals surface area contributed by atoms with Crippen molar-refractivity contribution in [3.63, 3.8) is 0 Å². The van der Waals surface area contributed by atoms with E-state index in [2.05, 4.69) is 16.7 Å². The van der Waals surface area contributed by atoms with Crippen molar-refractivity contribution in [3.8, 4) is 0 Å². The van der Waals surface area contributed by atoms with Gasteiger partial charge in [0, 0.05) is 13.2 Å². The van der Waals surface area contributed by atoms with E-state index in [4.69, 9.17) is 0 Å². The zero-order chi connectivity index (χ0) is 9.35. The van der Waals surface area contributed by atoms with Crippen molar-refractivity contribution in [2.24, 2.45) is 7.05 Å². The lowest BCUT2D eigenvalue weighted by molar-refractivity contribution is 0.0525. The number of alkyl halides is 3. The monoisotopic (exact) mass is 194 g/mol. The molecule has 0 aliphatic heterocycles. The van der Waals surface area contributed by atoms with E-state index < -0.39 is 11.2 Å². The van der Waals surface area contributed by atoms with Gasteiger partial charge >= 0.3 is 5.38 Å². The second-order valence-electron chi connectivity index (χ2n) is 2.17. The first-order valence-electron chi connectivity index (χ1n) is 3.02. The molecule has 0 amide bonds. The molecule has 1 aromatic heterocycles. The molecule has 0 aromatic carbocycles. The summed E-state index contributed by atoms with van der Waals surface area (Å²) in [5.74, 6) is -1.44. The fourth-order valence-electron chi connectivity index (χ4n) is 0.742. The maximum atomic E-state index is 12.2. The number of aryl methyl sites for hydroxylation is 1. The number of rotatable bonds is 2. The molecule has 0 N–H and O–H groups in total. The van der Waals surface area contributed by atoms with E-state index in [0.29, 0.717) is 0 Å². The van der Waals surface area contributed by atoms with Gasteiger partial charge in [-0.05, 0) is 17.7 Å². The lowest BCUT2D eigenvalue weighted by atomic mass is 10.3. The number of halogens is 3. The van der Waals surface area contributed by atoms with Crippen molar-refractivity contribution in [2.75, 3.05) is 0 Å². The highest BCUT2D eigenvalue weighted by atomic mass is 35.5. The number of Topliss-reactive ketones (excluding diaryl/α,β-unsaturated/α-hetero) is 1. The van der Waals surface area contributed by atoms with Crippen molar-refractivity contribution in [1.82, 2.24) is 9.78 Å². The maximum Gasteiger partial charge on any atom is 0.386 e. The van der Waals surface area contributed by atoms with Crippen LogP contribution in [0.15, 0.2) is 12.3 Å². The van der Waals surface area contributed by atoms with Crippen molar-refractivity contribution in [1.29, 1.82) is 0 Å². The minimum Gasteiger partial charge on any atom is -0.284 e. The number of ketones is 1. The highest BCUT2D eigenvalue weighted by Gasteiger charge is 2.38. The molecule has 0 spiro atoms. The number of carbonyl (C=O) groups excluding carboxylic acids is 1. The third-order valence-corrected chi connectivity index (χ3v) is 1.48. The third-order valence-electron chi connectivity index (χ3n) is 1.31. The van der Waals surface area contributed by atoms with Crippen LogP contribution in [0.4, 0.5) is 8.78 Å². The molecule has 0 aliphatic carbocycles. The lowest BCUT2D eigenvalue weighted by Gasteiger charge is -2.05. The minimum absolute atomic E-state index is 0.213. The fraction of sp³-hybridized carbons (Fsp3) is 0.333. The fourth-order valence-corrected chi connectivity index (χ4v) is 0.839. The number of aromatic nitrogens is 2. The summed E-state index contributed by atoms with van der Waals surface area (Å²) in [5.41, 5.74) is -0.213. The zero-order valence-corrected chi connectivity index (χ0v) is 6.85. The van der Waals surface area contributed by atoms with Crippen LogP contribution in [-0.2, 0) is 7.05 Å². The topological polar surface area (TPSA) is 34.9 Å². The van der Waals surface area contributed by atoms with Gasteiger partial charge < -0.3 is 0 Å². The van der Waals surface area contributed by atoms with Gasteiger partial charge in [0.2, 0.25) is 0 Å². The van der Waals surface area contributed by atoms with Crippen LogP contribution in [0.3, 0.4) is 0 Å². The SMILES string of the molecule is Cn1nccc1C(=O)C(F)(F)Cl. The summed E-state index contributed by atoms with van der Waals surface area (Å²) in [7, 11) is 1.38. The molecule has 1 rings (SSSR count). The molecule has 66 valence electrons. The Balaban J connectivity index is 3.01. The maximum absolute atomic E-state index is 12.2. The normalized spacial score (nSPS) is 11.7. The Labute approximate surface area is 71.9 Å². The Morgan fingerprint density at radius 1 is 1.75 bits per heavy atom. The first kappa shape index (κ1) is 9.12. The summed E-state index contributed by atoms with van der Waals surface area (Å²) in [6.45, 7) is 0. The molecule has 0 unspecified atom stereocenters. The Morgan fingerprint density at radius 3 is 2.67 bits per heavy atom. The lowest BCUT2D eigenvalue weighted by Crippen LogP contribution is -2.23. The molecule has 0 radical (unpaired) electrons. The highest BCUT2D eigenvalue weighted by Crippen LogP contribution is 2.23. The molecule has 0 bridgehead atoms. The van der Waals surface area contributed by atoms with E-state index in [1.54, 1.807) is 0 Å². The number of carbonyl (C=O) groups is 1. The van der Waals surface area contributed by atoms with Crippen LogP contribution in [0, 0.1) is 0 Å². The third kappa shape index (κ3) is 1.61. The van der Waals surface area contributed by atoms with Gasteiger partial charge in [-0.2, -0.15) is 13.9 Å². The van der Waals surface area contributed by atoms with Gasteiger partial charge in [0.05, 0.1) is 0 Å². The van der Waals surface area contributed by atoms with Crippen molar-refractivity contribution in [3.05, 3.63) is 18.0 Å². The number of hydrogen-bond donors (Lipinski definition) is 0. The van der Waals surface area contributed by atoms with Crippen LogP contribution >= 0.6 is 11.6 Å². The first-order chi connectivity index (χ1) is 5.43. The Hall–Kier alpha value is -0.970. The summed E-state index contributed by atoms with van der Waals surface area (Å²) in [6.07, 6.45) is 1.25. The molecular formula is C6H5ClF2N2O. The van der Waals surface area contributed by atoms with Crippen LogP contribution in [0.25, 0.3) is 0 Å². The van der Waals surface area contributed by atoms with Gasteiger partial charge in [0.1, 0.15) is 5.69 Å². The minimum atomic E-state index is -3.85. The summed E-state index contributed by atoms with van der Waals surface area (Å²) < 4.78 is 25.5. The van der Waals surface area contributed by atoms with Crippen molar-refractivity contribution in [2.45, 2.75) is 5.38 Å². The van der Waals surface area contributed by atoms with E-state index in [0.717, 1.165) is 4.68 Å². The predicted molar refractivity (Wildman–Crippen MR) is 38.3 cm³/mol. The molecule has 12 heavy (non-hydrogen) atoms. The van der Waals surface area contributed by atoms with Crippen LogP contribution < -0.4 is 0 Å². The van der Waals surface area contributed by atoms with Crippen LogP contribution in [-0.4, -0.2) is 20.9 Å². The van der Waals surface area contributed by atoms with Crippen molar-refractivity contribution >= 4 is 17.4 Å². The number of hydrogen-bond acceptors (Lipinski definition) is 2. The van der Waals surface area contributed by atoms with E-state index in [9.17, 15) is 13.6 Å². The summed E-state index contributed by atoms with van der Waals surface area (Å²) in [5, 5.41) is -0.298. The highest BCUT2D eigenvalue weighted by molar-refractivity contribution is 6.35. The molecule has 3 nitrogen and oxygen atoms in total. The van der Waals surface area contributed by atoms with Crippen LogP contribution in [0.5, 0.6) is 0 Å². The quantitative estimate of drug-likeness (QED) is 0.527.